The summed E-state index contributed by atoms with van der Waals surface area (Å²) < 4.78 is 0. The van der Waals surface area contributed by atoms with Crippen molar-refractivity contribution in [2.75, 3.05) is 20.1 Å². The van der Waals surface area contributed by atoms with Crippen molar-refractivity contribution in [1.29, 1.82) is 0 Å². The Bertz CT molecular complexity index is 957. The Balaban J connectivity index is 1.54. The Hall–Kier alpha value is -2.86. The summed E-state index contributed by atoms with van der Waals surface area (Å²) >= 11 is 5.91. The van der Waals surface area contributed by atoms with Crippen molar-refractivity contribution in [3.05, 3.63) is 70.2 Å². The van der Waals surface area contributed by atoms with E-state index in [1.807, 2.05) is 26.0 Å². The lowest BCUT2D eigenvalue weighted by Gasteiger charge is -2.32. The standard InChI is InChI=1S/C25H30ClN3O3/c1-17(2)28(3)24(31)19-8-6-18(7-9-19)15-27-23(30)21-5-4-14-29(16-21)25(32)20-10-12-22(26)13-11-20/h6-13,17,21H,4-5,14-16H2,1-3H3,(H,27,30). The molecule has 2 aromatic carbocycles. The second-order valence-corrected chi connectivity index (χ2v) is 8.96. The van der Waals surface area contributed by atoms with Gasteiger partial charge >= 0.3 is 0 Å². The first-order valence-corrected chi connectivity index (χ1v) is 11.3. The quantitative estimate of drug-likeness (QED) is 0.716. The van der Waals surface area contributed by atoms with E-state index >= 15 is 0 Å². The number of halogens is 1. The van der Waals surface area contributed by atoms with Gasteiger partial charge in [0.15, 0.2) is 0 Å². The molecule has 3 amide bonds. The molecule has 1 N–H and O–H groups in total. The summed E-state index contributed by atoms with van der Waals surface area (Å²) in [7, 11) is 1.78. The summed E-state index contributed by atoms with van der Waals surface area (Å²) in [6.07, 6.45) is 1.54. The molecule has 0 saturated carbocycles. The van der Waals surface area contributed by atoms with Crippen LogP contribution in [-0.2, 0) is 11.3 Å². The van der Waals surface area contributed by atoms with Crippen molar-refractivity contribution in [3.8, 4) is 0 Å². The van der Waals surface area contributed by atoms with E-state index < -0.39 is 0 Å². The molecule has 2 aromatic rings. The number of rotatable bonds is 6. The molecular weight excluding hydrogens is 426 g/mol. The van der Waals surface area contributed by atoms with Gasteiger partial charge in [0.05, 0.1) is 5.92 Å². The third kappa shape index (κ3) is 5.88. The van der Waals surface area contributed by atoms with Crippen LogP contribution in [-0.4, -0.2) is 53.7 Å². The highest BCUT2D eigenvalue weighted by Gasteiger charge is 2.28. The molecule has 0 spiro atoms. The van der Waals surface area contributed by atoms with Crippen LogP contribution in [0, 0.1) is 5.92 Å². The van der Waals surface area contributed by atoms with Crippen molar-refractivity contribution in [2.24, 2.45) is 5.92 Å². The number of hydrogen-bond acceptors (Lipinski definition) is 3. The molecule has 7 heteroatoms. The summed E-state index contributed by atoms with van der Waals surface area (Å²) in [6, 6.07) is 14.2. The maximum atomic E-state index is 12.8. The minimum Gasteiger partial charge on any atom is -0.352 e. The number of likely N-dealkylation sites (tertiary alicyclic amines) is 1. The normalized spacial score (nSPS) is 16.0. The Morgan fingerprint density at radius 1 is 1.06 bits per heavy atom. The average molecular weight is 456 g/mol. The third-order valence-corrected chi connectivity index (χ3v) is 6.19. The van der Waals surface area contributed by atoms with Crippen LogP contribution in [0.15, 0.2) is 48.5 Å². The highest BCUT2D eigenvalue weighted by molar-refractivity contribution is 6.30. The van der Waals surface area contributed by atoms with Crippen LogP contribution in [0.5, 0.6) is 0 Å². The Morgan fingerprint density at radius 3 is 2.31 bits per heavy atom. The van der Waals surface area contributed by atoms with Gasteiger partial charge in [-0.2, -0.15) is 0 Å². The van der Waals surface area contributed by atoms with Crippen molar-refractivity contribution in [1.82, 2.24) is 15.1 Å². The molecule has 0 aliphatic carbocycles. The van der Waals surface area contributed by atoms with E-state index in [-0.39, 0.29) is 29.7 Å². The van der Waals surface area contributed by atoms with E-state index in [0.717, 1.165) is 18.4 Å². The fraction of sp³-hybridized carbons (Fsp3) is 0.400. The largest absolute Gasteiger partial charge is 0.352 e. The number of carbonyl (C=O) groups excluding carboxylic acids is 3. The molecule has 32 heavy (non-hydrogen) atoms. The van der Waals surface area contributed by atoms with Crippen LogP contribution < -0.4 is 5.32 Å². The number of benzene rings is 2. The van der Waals surface area contributed by atoms with Gasteiger partial charge in [0.25, 0.3) is 11.8 Å². The van der Waals surface area contributed by atoms with Crippen LogP contribution in [0.2, 0.25) is 5.02 Å². The monoisotopic (exact) mass is 455 g/mol. The summed E-state index contributed by atoms with van der Waals surface area (Å²) in [5.74, 6) is -0.395. The predicted octanol–water partition coefficient (Wildman–Crippen LogP) is 3.99. The van der Waals surface area contributed by atoms with Gasteiger partial charge in [-0.05, 0) is 68.7 Å². The number of hydrogen-bond donors (Lipinski definition) is 1. The average Bonchev–Trinajstić information content (AvgIpc) is 2.82. The van der Waals surface area contributed by atoms with Gasteiger partial charge in [-0.3, -0.25) is 14.4 Å². The number of carbonyl (C=O) groups is 3. The summed E-state index contributed by atoms with van der Waals surface area (Å²) in [6.45, 7) is 5.37. The molecule has 0 bridgehead atoms. The van der Waals surface area contributed by atoms with Crippen molar-refractivity contribution in [3.63, 3.8) is 0 Å². The van der Waals surface area contributed by atoms with Gasteiger partial charge in [-0.1, -0.05) is 23.7 Å². The molecule has 1 aliphatic rings. The van der Waals surface area contributed by atoms with Crippen molar-refractivity contribution < 1.29 is 14.4 Å². The van der Waals surface area contributed by atoms with Crippen molar-refractivity contribution >= 4 is 29.3 Å². The second-order valence-electron chi connectivity index (χ2n) is 8.52. The van der Waals surface area contributed by atoms with Gasteiger partial charge < -0.3 is 15.1 Å². The van der Waals surface area contributed by atoms with Gasteiger partial charge in [-0.15, -0.1) is 0 Å². The lowest BCUT2D eigenvalue weighted by molar-refractivity contribution is -0.126. The Kier molecular flexibility index (Phi) is 7.91. The Morgan fingerprint density at radius 2 is 1.69 bits per heavy atom. The fourth-order valence-corrected chi connectivity index (χ4v) is 3.81. The molecule has 1 atom stereocenters. The smallest absolute Gasteiger partial charge is 0.253 e. The van der Waals surface area contributed by atoms with Crippen LogP contribution in [0.1, 0.15) is 53.0 Å². The summed E-state index contributed by atoms with van der Waals surface area (Å²) in [5, 5.41) is 3.56. The predicted molar refractivity (Wildman–Crippen MR) is 126 cm³/mol. The maximum Gasteiger partial charge on any atom is 0.253 e. The number of piperidine rings is 1. The van der Waals surface area contributed by atoms with E-state index in [9.17, 15) is 14.4 Å². The topological polar surface area (TPSA) is 69.7 Å². The first kappa shape index (κ1) is 23.8. The van der Waals surface area contributed by atoms with E-state index in [1.54, 1.807) is 53.2 Å². The zero-order valence-electron chi connectivity index (χ0n) is 18.8. The van der Waals surface area contributed by atoms with Crippen LogP contribution in [0.3, 0.4) is 0 Å². The van der Waals surface area contributed by atoms with Crippen LogP contribution >= 0.6 is 11.6 Å². The number of nitrogens with one attached hydrogen (secondary N) is 1. The van der Waals surface area contributed by atoms with Crippen LogP contribution in [0.4, 0.5) is 0 Å². The highest BCUT2D eigenvalue weighted by atomic mass is 35.5. The fourth-order valence-electron chi connectivity index (χ4n) is 3.69. The zero-order chi connectivity index (χ0) is 23.3. The van der Waals surface area contributed by atoms with E-state index in [4.69, 9.17) is 11.6 Å². The molecule has 1 saturated heterocycles. The minimum atomic E-state index is -0.236. The minimum absolute atomic E-state index is 0.0248. The Labute approximate surface area is 194 Å². The summed E-state index contributed by atoms with van der Waals surface area (Å²) in [4.78, 5) is 41.3. The first-order chi connectivity index (χ1) is 15.3. The molecule has 6 nitrogen and oxygen atoms in total. The maximum absolute atomic E-state index is 12.8. The third-order valence-electron chi connectivity index (χ3n) is 5.93. The molecule has 3 rings (SSSR count). The van der Waals surface area contributed by atoms with E-state index in [1.165, 1.54) is 0 Å². The lowest BCUT2D eigenvalue weighted by Crippen LogP contribution is -2.45. The molecular formula is C25H30ClN3O3. The van der Waals surface area contributed by atoms with Gasteiger partial charge in [-0.25, -0.2) is 0 Å². The first-order valence-electron chi connectivity index (χ1n) is 10.9. The highest BCUT2D eigenvalue weighted by Crippen LogP contribution is 2.20. The molecule has 1 unspecified atom stereocenters. The number of nitrogens with zero attached hydrogens (tertiary/aromatic N) is 2. The molecule has 1 fully saturated rings. The lowest BCUT2D eigenvalue weighted by atomic mass is 9.96. The second kappa shape index (κ2) is 10.6. The molecule has 1 heterocycles. The number of amides is 3. The molecule has 0 aromatic heterocycles. The molecule has 1 aliphatic heterocycles. The van der Waals surface area contributed by atoms with Crippen LogP contribution in [0.25, 0.3) is 0 Å². The zero-order valence-corrected chi connectivity index (χ0v) is 19.6. The van der Waals surface area contributed by atoms with Gasteiger partial charge in [0, 0.05) is 48.9 Å². The van der Waals surface area contributed by atoms with Gasteiger partial charge in [0.2, 0.25) is 5.91 Å². The van der Waals surface area contributed by atoms with Gasteiger partial charge in [0.1, 0.15) is 0 Å². The molecule has 0 radical (unpaired) electrons. The van der Waals surface area contributed by atoms with E-state index in [2.05, 4.69) is 5.32 Å². The molecule has 170 valence electrons. The van der Waals surface area contributed by atoms with E-state index in [0.29, 0.717) is 35.8 Å². The summed E-state index contributed by atoms with van der Waals surface area (Å²) in [5.41, 5.74) is 2.13. The SMILES string of the molecule is CC(C)N(C)C(=O)c1ccc(CNC(=O)C2CCCN(C(=O)c3ccc(Cl)cc3)C2)cc1. The van der Waals surface area contributed by atoms with Crippen molar-refractivity contribution in [2.45, 2.75) is 39.3 Å².